The minimum atomic E-state index is -0.535. The van der Waals surface area contributed by atoms with Gasteiger partial charge in [0, 0.05) is 34.3 Å². The minimum Gasteiger partial charge on any atom is -0.466 e. The SMILES string of the molecule is COC(=O)C1=C(C)NC2=C(C(=O)C[C@@H](c3ccc(Cl)cc3)C2)[C@@H]1c1ccc2c(c1)OCO2. The topological polar surface area (TPSA) is 73.9 Å². The molecule has 0 fully saturated rings. The molecule has 0 amide bonds. The number of rotatable bonds is 3. The standard InChI is InChI=1S/C25H22ClNO5/c1-13-22(25(29)30-2)23(15-5-8-20-21(11-15)32-12-31-20)24-18(27-13)9-16(10-19(24)28)14-3-6-17(26)7-4-14/h3-8,11,16,23,27H,9-10,12H2,1-2H3/t16-,23+/m0/s1. The summed E-state index contributed by atoms with van der Waals surface area (Å²) in [5.41, 5.74) is 4.43. The summed E-state index contributed by atoms with van der Waals surface area (Å²) in [6, 6.07) is 13.2. The largest absolute Gasteiger partial charge is 0.466 e. The number of methoxy groups -OCH3 is 1. The van der Waals surface area contributed by atoms with Gasteiger partial charge in [0.2, 0.25) is 6.79 Å². The second-order valence-corrected chi connectivity index (χ2v) is 8.61. The molecule has 2 atom stereocenters. The van der Waals surface area contributed by atoms with Crippen LogP contribution in [0, 0.1) is 0 Å². The second kappa shape index (κ2) is 8.02. The molecule has 0 aromatic heterocycles. The van der Waals surface area contributed by atoms with Crippen LogP contribution in [-0.2, 0) is 14.3 Å². The molecule has 0 radical (unpaired) electrons. The number of benzene rings is 2. The maximum absolute atomic E-state index is 13.5. The Morgan fingerprint density at radius 2 is 1.78 bits per heavy atom. The van der Waals surface area contributed by atoms with E-state index >= 15 is 0 Å². The number of carbonyl (C=O) groups excluding carboxylic acids is 2. The lowest BCUT2D eigenvalue weighted by Gasteiger charge is -2.36. The Kier molecular flexibility index (Phi) is 5.18. The number of hydrogen-bond acceptors (Lipinski definition) is 6. The molecule has 2 aromatic carbocycles. The van der Waals surface area contributed by atoms with Gasteiger partial charge in [0.1, 0.15) is 0 Å². The third-order valence-electron chi connectivity index (χ3n) is 6.30. The highest BCUT2D eigenvalue weighted by molar-refractivity contribution is 6.30. The predicted molar refractivity (Wildman–Crippen MR) is 119 cm³/mol. The highest BCUT2D eigenvalue weighted by Crippen LogP contribution is 2.47. The molecule has 2 aliphatic heterocycles. The van der Waals surface area contributed by atoms with Crippen molar-refractivity contribution in [1.82, 2.24) is 5.32 Å². The van der Waals surface area contributed by atoms with Gasteiger partial charge in [0.15, 0.2) is 17.3 Å². The quantitative estimate of drug-likeness (QED) is 0.687. The molecule has 6 nitrogen and oxygen atoms in total. The first-order valence-electron chi connectivity index (χ1n) is 10.4. The maximum atomic E-state index is 13.5. The van der Waals surface area contributed by atoms with Crippen molar-refractivity contribution in [1.29, 1.82) is 0 Å². The van der Waals surface area contributed by atoms with Crippen molar-refractivity contribution in [3.05, 3.63) is 81.2 Å². The molecule has 0 unspecified atom stereocenters. The molecule has 3 aliphatic rings. The van der Waals surface area contributed by atoms with Crippen LogP contribution in [-0.4, -0.2) is 25.7 Å². The first kappa shape index (κ1) is 20.6. The van der Waals surface area contributed by atoms with Gasteiger partial charge in [0.25, 0.3) is 0 Å². The van der Waals surface area contributed by atoms with E-state index in [2.05, 4.69) is 5.32 Å². The molecule has 1 aliphatic carbocycles. The lowest BCUT2D eigenvalue weighted by Crippen LogP contribution is -2.36. The number of nitrogens with one attached hydrogen (secondary N) is 1. The Hall–Kier alpha value is -3.25. The zero-order chi connectivity index (χ0) is 22.4. The Bertz CT molecular complexity index is 1180. The molecule has 0 bridgehead atoms. The first-order chi connectivity index (χ1) is 15.5. The van der Waals surface area contributed by atoms with Gasteiger partial charge in [0.05, 0.1) is 12.7 Å². The van der Waals surface area contributed by atoms with E-state index in [1.165, 1.54) is 7.11 Å². The van der Waals surface area contributed by atoms with Gasteiger partial charge in [-0.05, 0) is 54.7 Å². The Morgan fingerprint density at radius 1 is 1.06 bits per heavy atom. The van der Waals surface area contributed by atoms with E-state index in [0.717, 1.165) is 16.8 Å². The molecule has 5 rings (SSSR count). The van der Waals surface area contributed by atoms with E-state index in [4.69, 9.17) is 25.8 Å². The van der Waals surface area contributed by atoms with Gasteiger partial charge in [-0.1, -0.05) is 29.8 Å². The zero-order valence-corrected chi connectivity index (χ0v) is 18.5. The summed E-state index contributed by atoms with van der Waals surface area (Å²) in [7, 11) is 1.35. The van der Waals surface area contributed by atoms with Crippen molar-refractivity contribution in [3.8, 4) is 11.5 Å². The minimum absolute atomic E-state index is 0.00951. The van der Waals surface area contributed by atoms with Gasteiger partial charge in [-0.2, -0.15) is 0 Å². The number of carbonyl (C=O) groups is 2. The van der Waals surface area contributed by atoms with E-state index in [9.17, 15) is 9.59 Å². The number of ether oxygens (including phenoxy) is 3. The van der Waals surface area contributed by atoms with E-state index in [-0.39, 0.29) is 18.5 Å². The molecule has 2 heterocycles. The summed E-state index contributed by atoms with van der Waals surface area (Å²) in [4.78, 5) is 26.3. The Morgan fingerprint density at radius 3 is 2.53 bits per heavy atom. The number of allylic oxidation sites excluding steroid dienone is 3. The van der Waals surface area contributed by atoms with Crippen LogP contribution in [0.15, 0.2) is 65.0 Å². The fourth-order valence-corrected chi connectivity index (χ4v) is 4.94. The van der Waals surface area contributed by atoms with Gasteiger partial charge < -0.3 is 19.5 Å². The first-order valence-corrected chi connectivity index (χ1v) is 10.8. The molecular weight excluding hydrogens is 430 g/mol. The summed E-state index contributed by atoms with van der Waals surface area (Å²) in [6.45, 7) is 1.99. The van der Waals surface area contributed by atoms with Crippen LogP contribution in [0.25, 0.3) is 0 Å². The number of hydrogen-bond donors (Lipinski definition) is 1. The van der Waals surface area contributed by atoms with Crippen molar-refractivity contribution in [2.24, 2.45) is 0 Å². The zero-order valence-electron chi connectivity index (χ0n) is 17.7. The fraction of sp³-hybridized carbons (Fsp3) is 0.280. The third kappa shape index (κ3) is 3.45. The molecule has 0 spiro atoms. The highest BCUT2D eigenvalue weighted by atomic mass is 35.5. The number of ketones is 1. The summed E-state index contributed by atoms with van der Waals surface area (Å²) >= 11 is 6.04. The summed E-state index contributed by atoms with van der Waals surface area (Å²) < 4.78 is 16.1. The van der Waals surface area contributed by atoms with Gasteiger partial charge in [-0.3, -0.25) is 4.79 Å². The molecule has 0 saturated heterocycles. The molecule has 7 heteroatoms. The third-order valence-corrected chi connectivity index (χ3v) is 6.56. The van der Waals surface area contributed by atoms with Crippen LogP contribution in [0.4, 0.5) is 0 Å². The van der Waals surface area contributed by atoms with Crippen molar-refractivity contribution in [2.75, 3.05) is 13.9 Å². The monoisotopic (exact) mass is 451 g/mol. The van der Waals surface area contributed by atoms with Crippen molar-refractivity contribution in [2.45, 2.75) is 31.6 Å². The number of fused-ring (bicyclic) bond motifs is 1. The van der Waals surface area contributed by atoms with E-state index < -0.39 is 11.9 Å². The van der Waals surface area contributed by atoms with Crippen molar-refractivity contribution < 1.29 is 23.8 Å². The number of dihydropyridines is 1. The van der Waals surface area contributed by atoms with E-state index in [1.807, 2.05) is 49.4 Å². The van der Waals surface area contributed by atoms with Crippen LogP contribution in [0.2, 0.25) is 5.02 Å². The Labute approximate surface area is 190 Å². The molecule has 32 heavy (non-hydrogen) atoms. The summed E-state index contributed by atoms with van der Waals surface area (Å²) in [5.74, 6) is 0.303. The number of halogens is 1. The fourth-order valence-electron chi connectivity index (χ4n) is 4.82. The number of Topliss-reactive ketones (excluding diaryl/α,β-unsaturated/α-hetero) is 1. The lowest BCUT2D eigenvalue weighted by atomic mass is 9.71. The smallest absolute Gasteiger partial charge is 0.336 e. The van der Waals surface area contributed by atoms with Crippen LogP contribution in [0.1, 0.15) is 42.7 Å². The average Bonchev–Trinajstić information content (AvgIpc) is 3.26. The van der Waals surface area contributed by atoms with E-state index in [1.54, 1.807) is 0 Å². The molecule has 2 aromatic rings. The summed E-state index contributed by atoms with van der Waals surface area (Å²) in [6.07, 6.45) is 1.02. The predicted octanol–water partition coefficient (Wildman–Crippen LogP) is 4.60. The molecule has 164 valence electrons. The second-order valence-electron chi connectivity index (χ2n) is 8.17. The van der Waals surface area contributed by atoms with Crippen LogP contribution >= 0.6 is 11.6 Å². The number of esters is 1. The van der Waals surface area contributed by atoms with Crippen LogP contribution < -0.4 is 14.8 Å². The highest BCUT2D eigenvalue weighted by Gasteiger charge is 2.41. The van der Waals surface area contributed by atoms with E-state index in [0.29, 0.717) is 46.2 Å². The van der Waals surface area contributed by atoms with Crippen LogP contribution in [0.3, 0.4) is 0 Å². The van der Waals surface area contributed by atoms with Gasteiger partial charge in [-0.15, -0.1) is 0 Å². The van der Waals surface area contributed by atoms with Gasteiger partial charge in [-0.25, -0.2) is 4.79 Å². The molecular formula is C25H22ClNO5. The maximum Gasteiger partial charge on any atom is 0.336 e. The van der Waals surface area contributed by atoms with Crippen LogP contribution in [0.5, 0.6) is 11.5 Å². The van der Waals surface area contributed by atoms with Crippen molar-refractivity contribution >= 4 is 23.4 Å². The lowest BCUT2D eigenvalue weighted by molar-refractivity contribution is -0.136. The summed E-state index contributed by atoms with van der Waals surface area (Å²) in [5, 5.41) is 4.00. The normalized spacial score (nSPS) is 21.9. The molecule has 0 saturated carbocycles. The molecule has 1 N–H and O–H groups in total. The van der Waals surface area contributed by atoms with Crippen molar-refractivity contribution in [3.63, 3.8) is 0 Å². The average molecular weight is 452 g/mol. The van der Waals surface area contributed by atoms with Gasteiger partial charge >= 0.3 is 5.97 Å². The Balaban J connectivity index is 1.59.